The Morgan fingerprint density at radius 3 is 2.71 bits per heavy atom. The standard InChI is InChI=1S/C21H20F2N4O4/c22-12-2-1-10(14(23)6-12)5-11-3-4-26-15(11)8-27-16(26)9-25-7-13(20(24)30)18(28)19(29)17(25)21(27)31/h1-2,6-7,11,15-16,29H,3-5,8-9H2,(H2,24,30). The van der Waals surface area contributed by atoms with Crippen LogP contribution in [0.1, 0.15) is 32.8 Å². The Balaban J connectivity index is 1.44. The lowest BCUT2D eigenvalue weighted by Gasteiger charge is -2.35. The zero-order valence-electron chi connectivity index (χ0n) is 16.4. The lowest BCUT2D eigenvalue weighted by Crippen LogP contribution is -2.50. The van der Waals surface area contributed by atoms with E-state index in [0.29, 0.717) is 25.1 Å². The summed E-state index contributed by atoms with van der Waals surface area (Å²) < 4.78 is 28.8. The van der Waals surface area contributed by atoms with Gasteiger partial charge >= 0.3 is 0 Å². The lowest BCUT2D eigenvalue weighted by molar-refractivity contribution is 0.0513. The molecule has 0 aliphatic carbocycles. The minimum absolute atomic E-state index is 0.0298. The average molecular weight is 430 g/mol. The number of amides is 2. The zero-order chi connectivity index (χ0) is 22.0. The molecule has 3 unspecified atom stereocenters. The third-order valence-electron chi connectivity index (χ3n) is 6.70. The molecule has 1 aromatic carbocycles. The van der Waals surface area contributed by atoms with Crippen LogP contribution in [0.15, 0.2) is 29.2 Å². The molecule has 2 saturated heterocycles. The fourth-order valence-corrected chi connectivity index (χ4v) is 5.21. The van der Waals surface area contributed by atoms with Crippen LogP contribution in [0.3, 0.4) is 0 Å². The second-order valence-electron chi connectivity index (χ2n) is 8.32. The van der Waals surface area contributed by atoms with E-state index in [1.165, 1.54) is 22.9 Å². The molecular weight excluding hydrogens is 410 g/mol. The zero-order valence-corrected chi connectivity index (χ0v) is 16.4. The highest BCUT2D eigenvalue weighted by atomic mass is 19.1. The van der Waals surface area contributed by atoms with Crippen molar-refractivity contribution in [2.75, 3.05) is 13.1 Å². The minimum atomic E-state index is -0.975. The van der Waals surface area contributed by atoms with Gasteiger partial charge in [-0.1, -0.05) is 6.07 Å². The highest BCUT2D eigenvalue weighted by molar-refractivity contribution is 5.98. The van der Waals surface area contributed by atoms with Gasteiger partial charge in [0, 0.05) is 31.4 Å². The van der Waals surface area contributed by atoms with E-state index in [4.69, 9.17) is 5.73 Å². The molecule has 5 rings (SSSR count). The van der Waals surface area contributed by atoms with Crippen molar-refractivity contribution in [3.63, 3.8) is 0 Å². The molecular formula is C21H20F2N4O4. The smallest absolute Gasteiger partial charge is 0.275 e. The molecule has 162 valence electrons. The molecule has 0 saturated carbocycles. The summed E-state index contributed by atoms with van der Waals surface area (Å²) in [4.78, 5) is 40.6. The van der Waals surface area contributed by atoms with Crippen LogP contribution in [0.4, 0.5) is 8.78 Å². The summed E-state index contributed by atoms with van der Waals surface area (Å²) in [5, 5.41) is 10.3. The number of carbonyl (C=O) groups is 2. The first kappa shape index (κ1) is 19.7. The molecule has 0 bridgehead atoms. The first-order valence-electron chi connectivity index (χ1n) is 10.0. The second kappa shape index (κ2) is 6.88. The summed E-state index contributed by atoms with van der Waals surface area (Å²) in [5.41, 5.74) is 4.17. The molecule has 3 aliphatic rings. The maximum atomic E-state index is 14.2. The van der Waals surface area contributed by atoms with Crippen molar-refractivity contribution in [3.05, 3.63) is 63.1 Å². The van der Waals surface area contributed by atoms with Crippen molar-refractivity contribution in [2.45, 2.75) is 31.6 Å². The molecule has 2 amide bonds. The van der Waals surface area contributed by atoms with Crippen LogP contribution in [0.25, 0.3) is 0 Å². The predicted molar refractivity (Wildman–Crippen MR) is 104 cm³/mol. The number of nitrogens with zero attached hydrogens (tertiary/aromatic N) is 3. The molecule has 0 spiro atoms. The number of primary amides is 1. The van der Waals surface area contributed by atoms with Gasteiger partial charge in [-0.05, 0) is 30.4 Å². The molecule has 3 atom stereocenters. The first-order chi connectivity index (χ1) is 14.8. The van der Waals surface area contributed by atoms with Gasteiger partial charge in [0.2, 0.25) is 5.43 Å². The normalized spacial score (nSPS) is 24.8. The van der Waals surface area contributed by atoms with Gasteiger partial charge in [-0.3, -0.25) is 19.3 Å². The van der Waals surface area contributed by atoms with Crippen molar-refractivity contribution in [2.24, 2.45) is 11.7 Å². The quantitative estimate of drug-likeness (QED) is 0.744. The third kappa shape index (κ3) is 2.93. The van der Waals surface area contributed by atoms with E-state index in [-0.39, 0.29) is 35.9 Å². The van der Waals surface area contributed by atoms with Gasteiger partial charge in [0.25, 0.3) is 11.8 Å². The van der Waals surface area contributed by atoms with Gasteiger partial charge in [0.05, 0.1) is 6.54 Å². The third-order valence-corrected chi connectivity index (χ3v) is 6.70. The van der Waals surface area contributed by atoms with E-state index in [2.05, 4.69) is 4.90 Å². The summed E-state index contributed by atoms with van der Waals surface area (Å²) in [5.74, 6) is -3.39. The summed E-state index contributed by atoms with van der Waals surface area (Å²) in [7, 11) is 0. The van der Waals surface area contributed by atoms with E-state index in [1.54, 1.807) is 4.90 Å². The van der Waals surface area contributed by atoms with Crippen LogP contribution in [0.5, 0.6) is 5.75 Å². The predicted octanol–water partition coefficient (Wildman–Crippen LogP) is 0.660. The Hall–Kier alpha value is -3.27. The Bertz CT molecular complexity index is 1180. The van der Waals surface area contributed by atoms with Gasteiger partial charge in [0.15, 0.2) is 11.4 Å². The molecule has 3 aliphatic heterocycles. The number of fused-ring (bicyclic) bond motifs is 4. The fraction of sp³-hybridized carbons (Fsp3) is 0.381. The Labute approximate surface area is 175 Å². The van der Waals surface area contributed by atoms with Crippen molar-refractivity contribution < 1.29 is 23.5 Å². The molecule has 8 nitrogen and oxygen atoms in total. The van der Waals surface area contributed by atoms with Crippen molar-refractivity contribution in [3.8, 4) is 5.75 Å². The molecule has 4 heterocycles. The Kier molecular flexibility index (Phi) is 4.37. The van der Waals surface area contributed by atoms with Gasteiger partial charge < -0.3 is 20.3 Å². The Morgan fingerprint density at radius 2 is 2.00 bits per heavy atom. The van der Waals surface area contributed by atoms with Crippen LogP contribution in [-0.2, 0) is 13.0 Å². The number of aromatic nitrogens is 1. The second-order valence-corrected chi connectivity index (χ2v) is 8.32. The van der Waals surface area contributed by atoms with Crippen LogP contribution in [0, 0.1) is 17.6 Å². The minimum Gasteiger partial charge on any atom is -0.503 e. The Morgan fingerprint density at radius 1 is 1.23 bits per heavy atom. The number of aromatic hydroxyl groups is 1. The largest absolute Gasteiger partial charge is 0.503 e. The van der Waals surface area contributed by atoms with E-state index in [0.717, 1.165) is 12.5 Å². The number of carbonyl (C=O) groups excluding carboxylic acids is 2. The van der Waals surface area contributed by atoms with E-state index >= 15 is 0 Å². The van der Waals surface area contributed by atoms with Crippen LogP contribution in [0.2, 0.25) is 0 Å². The topological polar surface area (TPSA) is 109 Å². The number of pyridine rings is 1. The molecule has 2 aromatic rings. The fourth-order valence-electron chi connectivity index (χ4n) is 5.21. The van der Waals surface area contributed by atoms with Gasteiger partial charge in [-0.15, -0.1) is 0 Å². The van der Waals surface area contributed by atoms with Gasteiger partial charge in [-0.2, -0.15) is 0 Å². The van der Waals surface area contributed by atoms with Crippen molar-refractivity contribution in [1.29, 1.82) is 0 Å². The maximum Gasteiger partial charge on any atom is 0.275 e. The van der Waals surface area contributed by atoms with Crippen LogP contribution < -0.4 is 11.2 Å². The molecule has 1 aromatic heterocycles. The van der Waals surface area contributed by atoms with Crippen molar-refractivity contribution in [1.82, 2.24) is 14.4 Å². The van der Waals surface area contributed by atoms with Gasteiger partial charge in [0.1, 0.15) is 23.4 Å². The van der Waals surface area contributed by atoms with Gasteiger partial charge in [-0.25, -0.2) is 8.78 Å². The van der Waals surface area contributed by atoms with E-state index in [1.807, 2.05) is 0 Å². The summed E-state index contributed by atoms with van der Waals surface area (Å²) in [6, 6.07) is 3.53. The first-order valence-corrected chi connectivity index (χ1v) is 10.0. The number of halogens is 2. The molecule has 2 fully saturated rings. The summed E-state index contributed by atoms with van der Waals surface area (Å²) in [6.45, 7) is 1.34. The molecule has 31 heavy (non-hydrogen) atoms. The SMILES string of the molecule is NC(=O)c1cn2c(c(O)c1=O)C(=O)N1CC3C(Cc4ccc(F)cc4F)CCN3C1C2. The number of nitrogens with two attached hydrogens (primary N) is 1. The molecule has 0 radical (unpaired) electrons. The maximum absolute atomic E-state index is 14.2. The lowest BCUT2D eigenvalue weighted by atomic mass is 9.92. The van der Waals surface area contributed by atoms with Crippen LogP contribution >= 0.6 is 0 Å². The summed E-state index contributed by atoms with van der Waals surface area (Å²) >= 11 is 0. The molecule has 10 heteroatoms. The average Bonchev–Trinajstić information content (AvgIpc) is 3.27. The number of hydrogen-bond donors (Lipinski definition) is 2. The van der Waals surface area contributed by atoms with E-state index < -0.39 is 34.6 Å². The van der Waals surface area contributed by atoms with E-state index in [9.17, 15) is 28.3 Å². The highest BCUT2D eigenvalue weighted by Crippen LogP contribution is 2.39. The summed E-state index contributed by atoms with van der Waals surface area (Å²) in [6.07, 6.45) is 2.14. The van der Waals surface area contributed by atoms with Crippen LogP contribution in [-0.4, -0.2) is 56.6 Å². The number of benzene rings is 1. The monoisotopic (exact) mass is 430 g/mol. The van der Waals surface area contributed by atoms with Crippen molar-refractivity contribution >= 4 is 11.8 Å². The highest BCUT2D eigenvalue weighted by Gasteiger charge is 2.51. The number of rotatable bonds is 3. The number of hydrogen-bond acceptors (Lipinski definition) is 5. The molecule has 3 N–H and O–H groups in total.